The van der Waals surface area contributed by atoms with E-state index in [0.29, 0.717) is 34.7 Å². The Hall–Kier alpha value is -1.24. The summed E-state index contributed by atoms with van der Waals surface area (Å²) in [5, 5.41) is 10.2. The zero-order chi connectivity index (χ0) is 29.0. The van der Waals surface area contributed by atoms with Crippen molar-refractivity contribution in [1.29, 1.82) is 0 Å². The standard InChI is InChI=1S/C33H47F5OS/c1-23-12-15-29-30-24(21-25-22-26(39)13-14-27(25)28(30)16-18-31(23,29)2)11-8-6-4-3-5-7-9-19-40-20-10-17-32(34,35)33(36,37)38/h13-14,22,24,28-30,39H,1,3-12,15-21H2,2H3/t24?,28?,29?,30?,31-/m1/s1. The molecular weight excluding hydrogens is 539 g/mol. The van der Waals surface area contributed by atoms with Crippen LogP contribution in [0, 0.1) is 23.2 Å². The molecule has 1 nitrogen and oxygen atoms in total. The first-order valence-corrected chi connectivity index (χ1v) is 16.6. The average molecular weight is 587 g/mol. The molecule has 1 aromatic carbocycles. The highest BCUT2D eigenvalue weighted by Crippen LogP contribution is 2.64. The lowest BCUT2D eigenvalue weighted by atomic mass is 9.52. The Kier molecular flexibility index (Phi) is 10.6. The number of phenols is 1. The van der Waals surface area contributed by atoms with Crippen molar-refractivity contribution >= 4 is 11.8 Å². The van der Waals surface area contributed by atoms with E-state index in [2.05, 4.69) is 19.6 Å². The molecule has 1 N–H and O–H groups in total. The van der Waals surface area contributed by atoms with E-state index in [-0.39, 0.29) is 6.42 Å². The first-order valence-electron chi connectivity index (χ1n) is 15.5. The molecule has 0 aliphatic heterocycles. The minimum atomic E-state index is -5.44. The highest BCUT2D eigenvalue weighted by molar-refractivity contribution is 7.99. The van der Waals surface area contributed by atoms with Gasteiger partial charge in [-0.1, -0.05) is 63.7 Å². The van der Waals surface area contributed by atoms with Crippen molar-refractivity contribution in [3.8, 4) is 5.75 Å². The summed E-state index contributed by atoms with van der Waals surface area (Å²) in [5.74, 6) is -0.287. The van der Waals surface area contributed by atoms with Gasteiger partial charge in [-0.3, -0.25) is 0 Å². The van der Waals surface area contributed by atoms with Gasteiger partial charge in [-0.2, -0.15) is 33.7 Å². The zero-order valence-electron chi connectivity index (χ0n) is 24.0. The van der Waals surface area contributed by atoms with Gasteiger partial charge in [0.25, 0.3) is 0 Å². The summed E-state index contributed by atoms with van der Waals surface area (Å²) in [6, 6.07) is 6.07. The van der Waals surface area contributed by atoms with Gasteiger partial charge in [0.1, 0.15) is 5.75 Å². The lowest BCUT2D eigenvalue weighted by molar-refractivity contribution is -0.284. The summed E-state index contributed by atoms with van der Waals surface area (Å²) < 4.78 is 62.4. The number of phenolic OH excluding ortho intramolecular Hbond substituents is 1. The van der Waals surface area contributed by atoms with Crippen LogP contribution in [-0.2, 0) is 6.42 Å². The van der Waals surface area contributed by atoms with Gasteiger partial charge in [-0.25, -0.2) is 0 Å². The van der Waals surface area contributed by atoms with E-state index in [4.69, 9.17) is 0 Å². The van der Waals surface area contributed by atoms with E-state index in [1.54, 1.807) is 0 Å². The molecule has 5 atom stereocenters. The summed E-state index contributed by atoms with van der Waals surface area (Å²) in [6.45, 7) is 6.95. The second-order valence-corrected chi connectivity index (χ2v) is 14.1. The van der Waals surface area contributed by atoms with E-state index in [1.165, 1.54) is 86.2 Å². The maximum Gasteiger partial charge on any atom is 0.453 e. The molecular formula is C33H47F5OS. The molecule has 3 aliphatic carbocycles. The highest BCUT2D eigenvalue weighted by atomic mass is 32.2. The van der Waals surface area contributed by atoms with Crippen molar-refractivity contribution in [2.75, 3.05) is 11.5 Å². The second kappa shape index (κ2) is 13.4. The quantitative estimate of drug-likeness (QED) is 0.133. The van der Waals surface area contributed by atoms with Gasteiger partial charge in [-0.05, 0) is 115 Å². The van der Waals surface area contributed by atoms with Crippen LogP contribution >= 0.6 is 11.8 Å². The Morgan fingerprint density at radius 3 is 2.35 bits per heavy atom. The molecule has 2 saturated carbocycles. The van der Waals surface area contributed by atoms with Crippen LogP contribution in [0.4, 0.5) is 22.0 Å². The fourth-order valence-corrected chi connectivity index (χ4v) is 9.06. The van der Waals surface area contributed by atoms with E-state index in [1.807, 2.05) is 12.1 Å². The summed E-state index contributed by atoms with van der Waals surface area (Å²) in [5.41, 5.74) is 4.60. The Labute approximate surface area is 241 Å². The maximum absolute atomic E-state index is 12.9. The van der Waals surface area contributed by atoms with Crippen LogP contribution < -0.4 is 0 Å². The zero-order valence-corrected chi connectivity index (χ0v) is 24.8. The lowest BCUT2D eigenvalue weighted by Gasteiger charge is -2.52. The predicted molar refractivity (Wildman–Crippen MR) is 155 cm³/mol. The van der Waals surface area contributed by atoms with Crippen LogP contribution in [0.15, 0.2) is 30.4 Å². The molecule has 0 aromatic heterocycles. The number of rotatable bonds is 14. The average Bonchev–Trinajstić information content (AvgIpc) is 3.19. The van der Waals surface area contributed by atoms with Crippen molar-refractivity contribution in [2.24, 2.45) is 23.2 Å². The number of hydrogen-bond donors (Lipinski definition) is 1. The Morgan fingerprint density at radius 1 is 0.950 bits per heavy atom. The van der Waals surface area contributed by atoms with Crippen LogP contribution in [-0.4, -0.2) is 28.7 Å². The molecule has 40 heavy (non-hydrogen) atoms. The molecule has 0 heterocycles. The predicted octanol–water partition coefficient (Wildman–Crippen LogP) is 10.9. The SMILES string of the molecule is C=C1CCC2C3C(CCCCCCCCCSCCCC(F)(F)C(F)(F)F)Cc4cc(O)ccc4C3CC[C@]12C. The third-order valence-corrected chi connectivity index (χ3v) is 11.6. The number of hydrogen-bond acceptors (Lipinski definition) is 2. The normalized spacial score (nSPS) is 28.3. The second-order valence-electron chi connectivity index (χ2n) is 12.9. The van der Waals surface area contributed by atoms with Crippen molar-refractivity contribution in [1.82, 2.24) is 0 Å². The number of alkyl halides is 5. The van der Waals surface area contributed by atoms with Gasteiger partial charge in [0.2, 0.25) is 0 Å². The molecule has 0 bridgehead atoms. The van der Waals surface area contributed by atoms with E-state index in [9.17, 15) is 27.1 Å². The number of thioether (sulfide) groups is 1. The molecule has 0 saturated heterocycles. The molecule has 0 amide bonds. The summed E-state index contributed by atoms with van der Waals surface area (Å²) in [7, 11) is 0. The first-order chi connectivity index (χ1) is 18.9. The molecule has 2 fully saturated rings. The molecule has 4 unspecified atom stereocenters. The van der Waals surface area contributed by atoms with Gasteiger partial charge >= 0.3 is 12.1 Å². The van der Waals surface area contributed by atoms with Gasteiger partial charge in [0.15, 0.2) is 0 Å². The molecule has 3 aliphatic rings. The molecule has 1 aromatic rings. The molecule has 4 rings (SSSR count). The molecule has 7 heteroatoms. The van der Waals surface area contributed by atoms with Crippen molar-refractivity contribution < 1.29 is 27.1 Å². The van der Waals surface area contributed by atoms with Gasteiger partial charge < -0.3 is 5.11 Å². The van der Waals surface area contributed by atoms with Crippen molar-refractivity contribution in [3.63, 3.8) is 0 Å². The number of unbranched alkanes of at least 4 members (excludes halogenated alkanes) is 6. The van der Waals surface area contributed by atoms with Crippen molar-refractivity contribution in [3.05, 3.63) is 41.5 Å². The van der Waals surface area contributed by atoms with Crippen LogP contribution in [0.1, 0.15) is 114 Å². The summed E-state index contributed by atoms with van der Waals surface area (Å²) in [6.07, 6.45) is 8.68. The Balaban J connectivity index is 1.14. The van der Waals surface area contributed by atoms with E-state index < -0.39 is 18.5 Å². The number of benzene rings is 1. The lowest BCUT2D eigenvalue weighted by Crippen LogP contribution is -2.44. The van der Waals surface area contributed by atoms with Gasteiger partial charge in [0, 0.05) is 6.42 Å². The smallest absolute Gasteiger partial charge is 0.453 e. The fourth-order valence-electron chi connectivity index (χ4n) is 8.10. The van der Waals surface area contributed by atoms with Crippen LogP contribution in [0.3, 0.4) is 0 Å². The minimum absolute atomic E-state index is 0.110. The minimum Gasteiger partial charge on any atom is -0.508 e. The topological polar surface area (TPSA) is 20.2 Å². The van der Waals surface area contributed by atoms with Crippen LogP contribution in [0.25, 0.3) is 0 Å². The summed E-state index contributed by atoms with van der Waals surface area (Å²) >= 11 is 1.48. The highest BCUT2D eigenvalue weighted by Gasteiger charge is 2.56. The third-order valence-electron chi connectivity index (χ3n) is 10.4. The van der Waals surface area contributed by atoms with E-state index in [0.717, 1.165) is 37.4 Å². The Bertz CT molecular complexity index is 992. The van der Waals surface area contributed by atoms with Gasteiger partial charge in [0.05, 0.1) is 0 Å². The van der Waals surface area contributed by atoms with Crippen LogP contribution in [0.2, 0.25) is 0 Å². The maximum atomic E-state index is 12.9. The number of allylic oxidation sites excluding steroid dienone is 1. The number of fused-ring (bicyclic) bond motifs is 5. The summed E-state index contributed by atoms with van der Waals surface area (Å²) in [4.78, 5) is 0. The monoisotopic (exact) mass is 586 g/mol. The van der Waals surface area contributed by atoms with E-state index >= 15 is 0 Å². The number of halogens is 5. The van der Waals surface area contributed by atoms with Crippen molar-refractivity contribution in [2.45, 2.75) is 121 Å². The molecule has 0 radical (unpaired) electrons. The molecule has 0 spiro atoms. The Morgan fingerprint density at radius 2 is 1.62 bits per heavy atom. The number of aromatic hydroxyl groups is 1. The third kappa shape index (κ3) is 7.21. The largest absolute Gasteiger partial charge is 0.508 e. The van der Waals surface area contributed by atoms with Crippen LogP contribution in [0.5, 0.6) is 5.75 Å². The molecule has 226 valence electrons. The first kappa shape index (κ1) is 31.7. The fraction of sp³-hybridized carbons (Fsp3) is 0.758. The van der Waals surface area contributed by atoms with Gasteiger partial charge in [-0.15, -0.1) is 0 Å².